The summed E-state index contributed by atoms with van der Waals surface area (Å²) in [6.07, 6.45) is 15.9. The van der Waals surface area contributed by atoms with Gasteiger partial charge in [0.15, 0.2) is 0 Å². The van der Waals surface area contributed by atoms with E-state index in [4.69, 9.17) is 53.6 Å². The maximum Gasteiger partial charge on any atom is 0.338 e. The number of fused-ring (bicyclic) bond motifs is 16. The van der Waals surface area contributed by atoms with Gasteiger partial charge in [-0.25, -0.2) is 43.9 Å². The van der Waals surface area contributed by atoms with Crippen LogP contribution in [0.4, 0.5) is 0 Å². The van der Waals surface area contributed by atoms with Crippen LogP contribution in [0.15, 0.2) is 243 Å². The van der Waals surface area contributed by atoms with Gasteiger partial charge in [0.1, 0.15) is 13.2 Å². The van der Waals surface area contributed by atoms with Crippen LogP contribution in [0.2, 0.25) is 0 Å². The van der Waals surface area contributed by atoms with Crippen molar-refractivity contribution in [1.29, 1.82) is 0 Å². The van der Waals surface area contributed by atoms with Gasteiger partial charge in [-0.3, -0.25) is 0 Å². The van der Waals surface area contributed by atoms with Gasteiger partial charge in [-0.1, -0.05) is 174 Å². The van der Waals surface area contributed by atoms with E-state index in [1.54, 1.807) is 72.8 Å². The van der Waals surface area contributed by atoms with Gasteiger partial charge < -0.3 is 43.6 Å². The smallest absolute Gasteiger partial charge is 0.338 e. The Balaban J connectivity index is 0.667. The summed E-state index contributed by atoms with van der Waals surface area (Å²) >= 11 is 0. The lowest BCUT2D eigenvalue weighted by atomic mass is 10.0. The first-order valence-electron chi connectivity index (χ1n) is 38.6. The summed E-state index contributed by atoms with van der Waals surface area (Å²) < 4.78 is 26.8. The lowest BCUT2D eigenvalue weighted by molar-refractivity contribution is 0.0265. The summed E-state index contributed by atoms with van der Waals surface area (Å²) in [5.74, 6) is -2.73. The number of ether oxygens (including phenoxy) is 5. The minimum atomic E-state index is -0.645. The molecule has 18 nitrogen and oxygen atoms in total. The molecule has 578 valence electrons. The largest absolute Gasteiger partial charge is 0.657 e. The average Bonchev–Trinajstić information content (AvgIpc) is 1.62. The van der Waals surface area contributed by atoms with E-state index in [1.165, 1.54) is 21.3 Å². The lowest BCUT2D eigenvalue weighted by Crippen LogP contribution is -2.14. The molecule has 0 aliphatic carbocycles. The van der Waals surface area contributed by atoms with E-state index in [-0.39, 0.29) is 24.3 Å². The second kappa shape index (κ2) is 31.6. The van der Waals surface area contributed by atoms with Crippen molar-refractivity contribution in [3.8, 4) is 89.0 Å². The highest BCUT2D eigenvalue weighted by Crippen LogP contribution is 2.43. The molecule has 119 heavy (non-hydrogen) atoms. The van der Waals surface area contributed by atoms with Crippen LogP contribution in [-0.2, 0) is 23.7 Å². The number of aromatic amines is 2. The van der Waals surface area contributed by atoms with Crippen molar-refractivity contribution in [2.24, 2.45) is 0 Å². The van der Waals surface area contributed by atoms with Gasteiger partial charge in [0.25, 0.3) is 0 Å². The van der Waals surface area contributed by atoms with E-state index >= 15 is 0 Å². The Morgan fingerprint density at radius 2 is 0.429 bits per heavy atom. The number of aromatic nitrogens is 8. The minimum absolute atomic E-state index is 0.230. The maximum atomic E-state index is 14.0. The van der Waals surface area contributed by atoms with Crippen LogP contribution < -0.4 is 9.97 Å². The predicted molar refractivity (Wildman–Crippen MR) is 468 cm³/mol. The topological polar surface area (TPSA) is 243 Å². The molecular weight excluding hydrogens is 1490 g/mol. The molecule has 0 spiro atoms. The molecule has 14 aromatic rings. The van der Waals surface area contributed by atoms with E-state index in [0.29, 0.717) is 112 Å². The van der Waals surface area contributed by atoms with Crippen molar-refractivity contribution in [3.05, 3.63) is 333 Å². The van der Waals surface area contributed by atoms with Crippen LogP contribution in [0.5, 0.6) is 0 Å². The molecular formula is C101H72N8O10-2. The number of H-pyrrole nitrogens is 2. The number of hydrogen-bond donors (Lipinski definition) is 2. The predicted octanol–water partition coefficient (Wildman–Crippen LogP) is 21.5. The molecule has 10 heterocycles. The molecule has 0 atom stereocenters. The molecule has 2 N–H and O–H groups in total. The number of carbonyl (C=O) groups is 5. The van der Waals surface area contributed by atoms with Gasteiger partial charge in [-0.2, -0.15) is 0 Å². The molecule has 0 saturated carbocycles. The number of hydrogen-bond acceptors (Lipinski definition) is 14. The van der Waals surface area contributed by atoms with Crippen LogP contribution >= 0.6 is 0 Å². The third kappa shape index (κ3) is 14.6. The lowest BCUT2D eigenvalue weighted by Gasteiger charge is -2.14. The highest BCUT2D eigenvalue weighted by Gasteiger charge is 2.24. The van der Waals surface area contributed by atoms with Crippen LogP contribution in [-0.4, -0.2) is 94.3 Å². The Kier molecular flexibility index (Phi) is 19.8. The van der Waals surface area contributed by atoms with Crippen LogP contribution in [0.1, 0.15) is 114 Å². The van der Waals surface area contributed by atoms with E-state index in [1.807, 2.05) is 103 Å². The molecule has 0 radical (unpaired) electrons. The molecule has 6 aromatic heterocycles. The molecule has 0 amide bonds. The van der Waals surface area contributed by atoms with E-state index < -0.39 is 29.8 Å². The Bertz CT molecular complexity index is 6890. The van der Waals surface area contributed by atoms with Crippen LogP contribution in [0.25, 0.3) is 182 Å². The fourth-order valence-corrected chi connectivity index (χ4v) is 15.5. The summed E-state index contributed by atoms with van der Waals surface area (Å²) in [5, 5.41) is 0. The van der Waals surface area contributed by atoms with Gasteiger partial charge in [0, 0.05) is 44.3 Å². The van der Waals surface area contributed by atoms with E-state index in [9.17, 15) is 24.0 Å². The zero-order valence-electron chi connectivity index (χ0n) is 65.4. The monoisotopic (exact) mass is 1560 g/mol. The summed E-state index contributed by atoms with van der Waals surface area (Å²) in [7, 11) is 4.00. The van der Waals surface area contributed by atoms with Crippen molar-refractivity contribution in [3.63, 3.8) is 0 Å². The summed E-state index contributed by atoms with van der Waals surface area (Å²) in [6, 6.07) is 76.8. The minimum Gasteiger partial charge on any atom is -0.657 e. The van der Waals surface area contributed by atoms with Crippen molar-refractivity contribution < 1.29 is 47.7 Å². The molecule has 18 rings (SSSR count). The quantitative estimate of drug-likeness (QED) is 0.0519. The standard InChI is InChI=1S/C101H74N8O10/c1-57-7-13-60(14-8-57)89-73-39-41-75(102-73)90(61-15-9-58(2)10-16-61)77-43-45-85(104-77)95(86-46-44-78(105-86)91(76-42-40-74(89)103-76)62-17-11-59(3)12-18-62)66-25-35-71(36-26-66)100(113)118-55-56-119-101(114)72-37-27-67(28-38-72)96-87-53-51-83(108-87)93(64-21-31-69(32-22-64)98(111)116-5)81-49-47-79(106-81)92(63-19-29-68(30-20-63)97(110)115-4)80-48-50-82(107-80)94(84-52-54-88(96)109-84)65-23-33-70(34-24-65)99(112)117-6/h7-54H,55-56H2,1-6H3,(H4,102,103,104,105,106,107,108,109,110,111,112,113,114)/p-2. The molecule has 0 saturated heterocycles. The summed E-state index contributed by atoms with van der Waals surface area (Å²) in [6.45, 7) is 5.78. The number of carbonyl (C=O) groups excluding carboxylic acids is 5. The van der Waals surface area contributed by atoms with Crippen molar-refractivity contribution in [2.75, 3.05) is 34.5 Å². The SMILES string of the molecule is COC(=O)c1ccc(-c2c3nc(c(-c4ccc(C(=O)OC)cc4)c4ccc([n-]4)c(-c4ccc(C(=O)OCCOC(=O)c5ccc(-c6c7nc(c(-c8ccc(C)cc8)c8ccc([nH]8)c(-c8ccc(C)cc8)c8nc(c(-c9ccc(C)cc9)c9ccc6[nH]9)C=C8)C=C7)cc5)cc4)c4nc(c(-c5ccc(C(=O)OC)cc5)c5ccc2[n-]5)C=C4)C=C3)cc1. The molecule has 4 aliphatic rings. The second-order valence-corrected chi connectivity index (χ2v) is 29.1. The molecule has 4 aliphatic heterocycles. The van der Waals surface area contributed by atoms with E-state index in [2.05, 4.69) is 146 Å². The third-order valence-corrected chi connectivity index (χ3v) is 21.5. The molecule has 16 bridgehead atoms. The zero-order valence-corrected chi connectivity index (χ0v) is 65.4. The second-order valence-electron chi connectivity index (χ2n) is 29.1. The fraction of sp³-hybridized carbons (Fsp3) is 0.0792. The highest BCUT2D eigenvalue weighted by molar-refractivity contribution is 6.05. The number of esters is 5. The number of benzene rings is 8. The van der Waals surface area contributed by atoms with Gasteiger partial charge in [0.2, 0.25) is 0 Å². The van der Waals surface area contributed by atoms with Crippen molar-refractivity contribution in [2.45, 2.75) is 20.8 Å². The Morgan fingerprint density at radius 1 is 0.244 bits per heavy atom. The molecule has 0 fully saturated rings. The summed E-state index contributed by atoms with van der Waals surface area (Å²) in [4.78, 5) is 106. The number of nitrogens with zero attached hydrogens (tertiary/aromatic N) is 6. The van der Waals surface area contributed by atoms with Gasteiger partial charge in [0.05, 0.1) is 94.7 Å². The number of methoxy groups -OCH3 is 3. The van der Waals surface area contributed by atoms with E-state index in [0.717, 1.165) is 100 Å². The van der Waals surface area contributed by atoms with Crippen LogP contribution in [0, 0.1) is 20.8 Å². The first-order chi connectivity index (χ1) is 58.1. The van der Waals surface area contributed by atoms with Crippen molar-refractivity contribution in [1.82, 2.24) is 39.9 Å². The number of aryl methyl sites for hydroxylation is 3. The average molecular weight is 1560 g/mol. The Labute approximate surface area is 683 Å². The van der Waals surface area contributed by atoms with Gasteiger partial charge in [-0.15, -0.1) is 22.1 Å². The normalized spacial score (nSPS) is 11.9. The first kappa shape index (κ1) is 74.7. The highest BCUT2D eigenvalue weighted by atomic mass is 16.6. The fourth-order valence-electron chi connectivity index (χ4n) is 15.5. The Morgan fingerprint density at radius 3 is 0.639 bits per heavy atom. The summed E-state index contributed by atoms with van der Waals surface area (Å²) in [5.41, 5.74) is 28.6. The van der Waals surface area contributed by atoms with Crippen molar-refractivity contribution >= 4 is 123 Å². The molecule has 8 aromatic carbocycles. The maximum absolute atomic E-state index is 14.0. The number of rotatable bonds is 16. The third-order valence-electron chi connectivity index (χ3n) is 21.5. The van der Waals surface area contributed by atoms with Gasteiger partial charge >= 0.3 is 29.8 Å². The van der Waals surface area contributed by atoms with Gasteiger partial charge in [-0.05, 0) is 221 Å². The first-order valence-corrected chi connectivity index (χ1v) is 38.6. The molecule has 18 heteroatoms. The number of nitrogens with one attached hydrogen (secondary N) is 2. The molecule has 0 unspecified atom stereocenters. The zero-order chi connectivity index (χ0) is 81.5. The van der Waals surface area contributed by atoms with Crippen LogP contribution in [0.3, 0.4) is 0 Å². The Hall–Kier alpha value is -15.7.